The monoisotopic (exact) mass is 1110 g/mol. The van der Waals surface area contributed by atoms with E-state index >= 15 is 0 Å². The molecule has 6 fully saturated rings. The van der Waals surface area contributed by atoms with E-state index in [-0.39, 0.29) is 0 Å². The van der Waals surface area contributed by atoms with Crippen LogP contribution in [0.25, 0.3) is 0 Å². The summed E-state index contributed by atoms with van der Waals surface area (Å²) in [5, 5.41) is 157. The second-order valence-electron chi connectivity index (χ2n) is 19.2. The number of aliphatic hydroxyl groups is 14. The standard InChI is InChI=1S/C42H74N6O28/c1-10(55)46-22-29(62)34(14(5-50)66-37(22)65)76-42-24(48-12(3)57)31(64)36(18(9-54)71-42)74-40-20(44)27(60)32(15(6-51)68-40)72-39-21(45)28(61)33(16(7-52)69-39)75-41-23(47-11(2)56)30(63)35(17(8-53)70-41)73-38-19(43)26(59)25(58)13(4-49)67-38/h13-42,49-54,58-65H,4-9,43-45H2,1-3H3,(H,46,55)(H,47,56)(H,48,57)/t13-,14-,15-,16-,17-,18-,19-,20-,21-,22-,23-,24-,25-,26-,27-,28-,29-,30-,31-,32-,33-,34-,35-,36-,37?,38+,39+,40+,41+,42+/m1/s1. The van der Waals surface area contributed by atoms with Crippen molar-refractivity contribution in [3.8, 4) is 0 Å². The molecule has 23 N–H and O–H groups in total. The zero-order chi connectivity index (χ0) is 56.2. The first-order valence-corrected chi connectivity index (χ1v) is 24.3. The van der Waals surface area contributed by atoms with E-state index in [9.17, 15) is 85.9 Å². The Morgan fingerprint density at radius 1 is 0.355 bits per heavy atom. The molecule has 0 saturated carbocycles. The fraction of sp³-hybridized carbons (Fsp3) is 0.929. The van der Waals surface area contributed by atoms with Gasteiger partial charge in [-0.1, -0.05) is 0 Å². The van der Waals surface area contributed by atoms with Gasteiger partial charge in [0.2, 0.25) is 17.7 Å². The van der Waals surface area contributed by atoms with Gasteiger partial charge in [-0.25, -0.2) is 0 Å². The van der Waals surface area contributed by atoms with Crippen molar-refractivity contribution in [1.82, 2.24) is 16.0 Å². The third-order valence-electron chi connectivity index (χ3n) is 13.9. The molecular formula is C42H74N6O28. The third kappa shape index (κ3) is 13.5. The van der Waals surface area contributed by atoms with Crippen LogP contribution in [0.2, 0.25) is 0 Å². The van der Waals surface area contributed by atoms with Crippen molar-refractivity contribution in [1.29, 1.82) is 0 Å². The molecule has 6 saturated heterocycles. The summed E-state index contributed by atoms with van der Waals surface area (Å²) < 4.78 is 64.2. The number of carbonyl (C=O) groups excluding carboxylic acids is 3. The first-order valence-electron chi connectivity index (χ1n) is 24.3. The molecule has 30 atom stereocenters. The molecule has 0 spiro atoms. The van der Waals surface area contributed by atoms with Gasteiger partial charge >= 0.3 is 0 Å². The molecule has 0 bridgehead atoms. The second-order valence-corrected chi connectivity index (χ2v) is 19.2. The van der Waals surface area contributed by atoms with Crippen molar-refractivity contribution < 1.29 is 138 Å². The molecule has 0 aromatic rings. The van der Waals surface area contributed by atoms with E-state index in [2.05, 4.69) is 16.0 Å². The van der Waals surface area contributed by atoms with Gasteiger partial charge in [0.1, 0.15) is 128 Å². The minimum Gasteiger partial charge on any atom is -0.394 e. The van der Waals surface area contributed by atoms with Gasteiger partial charge in [-0.15, -0.1) is 0 Å². The van der Waals surface area contributed by atoms with Crippen LogP contribution in [-0.2, 0) is 66.5 Å². The summed E-state index contributed by atoms with van der Waals surface area (Å²) in [6.07, 6.45) is -40.4. The van der Waals surface area contributed by atoms with E-state index in [1.807, 2.05) is 0 Å². The molecule has 440 valence electrons. The van der Waals surface area contributed by atoms with Crippen molar-refractivity contribution in [2.45, 2.75) is 205 Å². The molecule has 6 aliphatic rings. The molecule has 0 aromatic heterocycles. The van der Waals surface area contributed by atoms with Gasteiger partial charge in [-0.2, -0.15) is 0 Å². The highest BCUT2D eigenvalue weighted by atomic mass is 16.8. The van der Waals surface area contributed by atoms with Crippen LogP contribution in [0.15, 0.2) is 0 Å². The molecule has 0 aliphatic carbocycles. The lowest BCUT2D eigenvalue weighted by Gasteiger charge is -2.51. The molecule has 0 radical (unpaired) electrons. The minimum absolute atomic E-state index is 0.678. The fourth-order valence-corrected chi connectivity index (χ4v) is 9.88. The van der Waals surface area contributed by atoms with Crippen molar-refractivity contribution >= 4 is 17.7 Å². The molecule has 1 unspecified atom stereocenters. The third-order valence-corrected chi connectivity index (χ3v) is 13.9. The maximum Gasteiger partial charge on any atom is 0.217 e. The van der Waals surface area contributed by atoms with Crippen molar-refractivity contribution in [3.63, 3.8) is 0 Å². The molecule has 76 heavy (non-hydrogen) atoms. The van der Waals surface area contributed by atoms with Crippen LogP contribution in [0.4, 0.5) is 0 Å². The summed E-state index contributed by atoms with van der Waals surface area (Å²) in [6, 6.07) is -9.43. The topological polar surface area (TPSA) is 550 Å². The van der Waals surface area contributed by atoms with Gasteiger partial charge in [0.15, 0.2) is 37.7 Å². The highest BCUT2D eigenvalue weighted by Gasteiger charge is 2.57. The highest BCUT2D eigenvalue weighted by Crippen LogP contribution is 2.36. The number of nitrogens with two attached hydrogens (primary N) is 3. The number of hydrogen-bond donors (Lipinski definition) is 20. The fourth-order valence-electron chi connectivity index (χ4n) is 9.88. The molecule has 6 rings (SSSR count). The van der Waals surface area contributed by atoms with E-state index in [0.29, 0.717) is 0 Å². The average Bonchev–Trinajstić information content (AvgIpc) is 3.38. The lowest BCUT2D eigenvalue weighted by Crippen LogP contribution is -2.71. The number of hydrogen-bond acceptors (Lipinski definition) is 31. The Bertz CT molecular complexity index is 1870. The number of carbonyl (C=O) groups is 3. The van der Waals surface area contributed by atoms with Crippen LogP contribution in [0.5, 0.6) is 0 Å². The maximum absolute atomic E-state index is 12.4. The zero-order valence-electron chi connectivity index (χ0n) is 41.3. The largest absolute Gasteiger partial charge is 0.394 e. The number of rotatable bonds is 19. The zero-order valence-corrected chi connectivity index (χ0v) is 41.3. The second kappa shape index (κ2) is 27.2. The van der Waals surface area contributed by atoms with E-state index < -0.39 is 241 Å². The molecule has 34 nitrogen and oxygen atoms in total. The highest BCUT2D eigenvalue weighted by molar-refractivity contribution is 5.74. The Morgan fingerprint density at radius 2 is 0.605 bits per heavy atom. The van der Waals surface area contributed by atoms with Gasteiger partial charge in [0.05, 0.1) is 57.8 Å². The molecule has 6 aliphatic heterocycles. The van der Waals surface area contributed by atoms with E-state index in [1.165, 1.54) is 0 Å². The van der Waals surface area contributed by atoms with Crippen LogP contribution in [0.3, 0.4) is 0 Å². The number of ether oxygens (including phenoxy) is 11. The van der Waals surface area contributed by atoms with Crippen molar-refractivity contribution in [2.75, 3.05) is 39.6 Å². The van der Waals surface area contributed by atoms with E-state index in [4.69, 9.17) is 69.3 Å². The van der Waals surface area contributed by atoms with Crippen LogP contribution in [-0.4, -0.2) is 313 Å². The van der Waals surface area contributed by atoms with Crippen molar-refractivity contribution in [2.24, 2.45) is 17.2 Å². The molecule has 0 aromatic carbocycles. The van der Waals surface area contributed by atoms with E-state index in [0.717, 1.165) is 20.8 Å². The first kappa shape index (κ1) is 62.5. The van der Waals surface area contributed by atoms with Crippen LogP contribution in [0.1, 0.15) is 20.8 Å². The number of amides is 3. The SMILES string of the molecule is CC(=O)N[C@H]1[C@H](O[C@H]2[C@H](O)[C@@H](N)[C@H](O[C@H]3[C@H](O)[C@@H](N)[C@H](O[C@H]4[C@H](O)[C@@H](NC(C)=O)[C@H](O[C@H]5[C@H](O)[C@@H](NC(C)=O)C(O)O[C@@H]5CO)O[C@@H]4CO)O[C@@H]3CO)O[C@@H]2CO)O[C@H](CO)[C@@H](O[C@@H]2O[C@H](CO)[C@@H](O)[C@H](O)[C@H]2N)[C@@H]1O. The number of nitrogens with one attached hydrogen (secondary N) is 3. The normalized spacial score (nSPS) is 48.2. The Hall–Kier alpha value is -2.71. The quantitative estimate of drug-likeness (QED) is 0.0571. The van der Waals surface area contributed by atoms with Gasteiger partial charge < -0.3 is 157 Å². The molecular weight excluding hydrogens is 1040 g/mol. The van der Waals surface area contributed by atoms with Gasteiger partial charge in [-0.3, -0.25) is 14.4 Å². The van der Waals surface area contributed by atoms with Crippen LogP contribution < -0.4 is 33.2 Å². The first-order chi connectivity index (χ1) is 35.9. The van der Waals surface area contributed by atoms with E-state index in [1.54, 1.807) is 0 Å². The Balaban J connectivity index is 1.13. The Labute approximate surface area is 432 Å². The summed E-state index contributed by atoms with van der Waals surface area (Å²) in [7, 11) is 0. The predicted octanol–water partition coefficient (Wildman–Crippen LogP) is -13.8. The average molecular weight is 1110 g/mol. The lowest BCUT2D eigenvalue weighted by molar-refractivity contribution is -0.368. The Kier molecular flexibility index (Phi) is 22.3. The summed E-state index contributed by atoms with van der Waals surface area (Å²) in [5.41, 5.74) is 18.8. The smallest absolute Gasteiger partial charge is 0.217 e. The van der Waals surface area contributed by atoms with Gasteiger partial charge in [-0.05, 0) is 0 Å². The summed E-state index contributed by atoms with van der Waals surface area (Å²) >= 11 is 0. The molecule has 6 heterocycles. The summed E-state index contributed by atoms with van der Waals surface area (Å²) in [6.45, 7) is -2.08. The summed E-state index contributed by atoms with van der Waals surface area (Å²) in [5.74, 6) is -2.18. The number of aliphatic hydroxyl groups excluding tert-OH is 14. The molecule has 34 heteroatoms. The van der Waals surface area contributed by atoms with Crippen molar-refractivity contribution in [3.05, 3.63) is 0 Å². The van der Waals surface area contributed by atoms with Gasteiger partial charge in [0.25, 0.3) is 0 Å². The summed E-state index contributed by atoms with van der Waals surface area (Å²) in [4.78, 5) is 36.7. The molecule has 3 amide bonds. The van der Waals surface area contributed by atoms with Gasteiger partial charge in [0, 0.05) is 20.8 Å². The maximum atomic E-state index is 12.4. The minimum atomic E-state index is -1.90. The lowest BCUT2D eigenvalue weighted by atomic mass is 9.93. The van der Waals surface area contributed by atoms with Crippen LogP contribution >= 0.6 is 0 Å². The Morgan fingerprint density at radius 3 is 0.934 bits per heavy atom. The van der Waals surface area contributed by atoms with Crippen LogP contribution in [0, 0.1) is 0 Å². The predicted molar refractivity (Wildman–Crippen MR) is 240 cm³/mol.